The first kappa shape index (κ1) is 24.6. The Morgan fingerprint density at radius 3 is 1.18 bits per heavy atom. The molecule has 7 rings (SSSR count). The Labute approximate surface area is 241 Å². The predicted octanol–water partition coefficient (Wildman–Crippen LogP) is 8.93. The molecular weight excluding hydrogens is 600 g/mol. The molecule has 6 heteroatoms. The van der Waals surface area contributed by atoms with Gasteiger partial charge in [-0.25, -0.2) is 20.0 Å². The highest BCUT2D eigenvalue weighted by Gasteiger charge is 2.30. The molecule has 0 aromatic rings. The molecule has 0 saturated heterocycles. The monoisotopic (exact) mass is 628 g/mol. The Morgan fingerprint density at radius 1 is 0.421 bits per heavy atom. The van der Waals surface area contributed by atoms with Crippen LogP contribution >= 0.6 is 31.9 Å². The summed E-state index contributed by atoms with van der Waals surface area (Å²) in [6, 6.07) is 0. The molecule has 0 radical (unpaired) electrons. The molecule has 0 aromatic carbocycles. The molecule has 2 aliphatic carbocycles. The van der Waals surface area contributed by atoms with Crippen molar-refractivity contribution in [1.29, 1.82) is 0 Å². The molecule has 4 nitrogen and oxygen atoms in total. The Kier molecular flexibility index (Phi) is 6.65. The van der Waals surface area contributed by atoms with Crippen molar-refractivity contribution < 1.29 is 0 Å². The molecule has 5 aliphatic heterocycles. The highest BCUT2D eigenvalue weighted by molar-refractivity contribution is 9.12. The van der Waals surface area contributed by atoms with E-state index in [0.717, 1.165) is 54.6 Å². The van der Waals surface area contributed by atoms with E-state index in [9.17, 15) is 0 Å². The van der Waals surface area contributed by atoms with Crippen molar-refractivity contribution in [3.8, 4) is 0 Å². The number of fused-ring (bicyclic) bond motifs is 4. The first-order valence-corrected chi connectivity index (χ1v) is 15.6. The SMILES string of the molecule is BrC1=C2C=CC(=N2)C(C2CCCCC2)=C2C=CC(=N2)C(Br)=C2C=CC(=N2)C(C2CCCCC2)=C2C=CC1=N2. The molecule has 0 spiro atoms. The van der Waals surface area contributed by atoms with Crippen LogP contribution in [0.15, 0.2) is 111 Å². The molecule has 2 fully saturated rings. The van der Waals surface area contributed by atoms with Crippen molar-refractivity contribution in [3.05, 3.63) is 91.5 Å². The molecular formula is C32H30Br2N4. The molecule has 0 amide bonds. The van der Waals surface area contributed by atoms with Gasteiger partial charge >= 0.3 is 0 Å². The van der Waals surface area contributed by atoms with Gasteiger partial charge in [-0.3, -0.25) is 0 Å². The van der Waals surface area contributed by atoms with Gasteiger partial charge in [-0.15, -0.1) is 0 Å². The second kappa shape index (κ2) is 10.3. The van der Waals surface area contributed by atoms with Gasteiger partial charge < -0.3 is 0 Å². The molecule has 0 atom stereocenters. The van der Waals surface area contributed by atoms with Crippen LogP contribution in [0, 0.1) is 11.8 Å². The summed E-state index contributed by atoms with van der Waals surface area (Å²) in [5, 5.41) is 0. The lowest BCUT2D eigenvalue weighted by Gasteiger charge is -2.25. The second-order valence-corrected chi connectivity index (χ2v) is 12.6. The Morgan fingerprint density at radius 2 is 0.763 bits per heavy atom. The first-order chi connectivity index (χ1) is 18.7. The van der Waals surface area contributed by atoms with Crippen LogP contribution in [0.5, 0.6) is 0 Å². The van der Waals surface area contributed by atoms with Crippen molar-refractivity contribution in [2.24, 2.45) is 31.8 Å². The van der Waals surface area contributed by atoms with Crippen LogP contribution < -0.4 is 0 Å². The van der Waals surface area contributed by atoms with E-state index in [0.29, 0.717) is 11.8 Å². The summed E-state index contributed by atoms with van der Waals surface area (Å²) in [7, 11) is 0. The van der Waals surface area contributed by atoms with Gasteiger partial charge in [0.1, 0.15) is 0 Å². The summed E-state index contributed by atoms with van der Waals surface area (Å²) < 4.78 is 1.88. The third-order valence-electron chi connectivity index (χ3n) is 8.59. The van der Waals surface area contributed by atoms with Gasteiger partial charge in [-0.1, -0.05) is 38.5 Å². The van der Waals surface area contributed by atoms with Gasteiger partial charge in [0.05, 0.1) is 54.6 Å². The number of rotatable bonds is 2. The van der Waals surface area contributed by atoms with E-state index in [1.807, 2.05) is 0 Å². The highest BCUT2D eigenvalue weighted by atomic mass is 79.9. The molecule has 2 saturated carbocycles. The second-order valence-electron chi connectivity index (χ2n) is 11.0. The normalized spacial score (nSPS) is 25.7. The van der Waals surface area contributed by atoms with Crippen LogP contribution in [0.2, 0.25) is 0 Å². The topological polar surface area (TPSA) is 49.4 Å². The van der Waals surface area contributed by atoms with Gasteiger partial charge in [0.15, 0.2) is 0 Å². The number of halogens is 2. The summed E-state index contributed by atoms with van der Waals surface area (Å²) in [5.74, 6) is 0.955. The average Bonchev–Trinajstić information content (AvgIpc) is 3.77. The molecule has 0 unspecified atom stereocenters. The van der Waals surface area contributed by atoms with Crippen molar-refractivity contribution in [2.45, 2.75) is 64.2 Å². The average molecular weight is 630 g/mol. The maximum Gasteiger partial charge on any atom is 0.0801 e. The van der Waals surface area contributed by atoms with E-state index >= 15 is 0 Å². The zero-order valence-electron chi connectivity index (χ0n) is 21.4. The Bertz CT molecular complexity index is 1360. The summed E-state index contributed by atoms with van der Waals surface area (Å²) in [6.45, 7) is 0. The molecule has 7 aliphatic rings. The van der Waals surface area contributed by atoms with E-state index in [4.69, 9.17) is 20.0 Å². The lowest BCUT2D eigenvalue weighted by atomic mass is 9.81. The van der Waals surface area contributed by atoms with Gasteiger partial charge in [-0.2, -0.15) is 0 Å². The van der Waals surface area contributed by atoms with Crippen molar-refractivity contribution in [2.75, 3.05) is 0 Å². The van der Waals surface area contributed by atoms with Crippen molar-refractivity contribution in [3.63, 3.8) is 0 Å². The Balaban J connectivity index is 1.43. The van der Waals surface area contributed by atoms with E-state index < -0.39 is 0 Å². The minimum atomic E-state index is 0.477. The maximum atomic E-state index is 5.15. The van der Waals surface area contributed by atoms with Crippen LogP contribution in [0.4, 0.5) is 0 Å². The Hall–Kier alpha value is -2.44. The van der Waals surface area contributed by atoms with E-state index in [2.05, 4.69) is 80.5 Å². The molecule has 192 valence electrons. The standard InChI is InChI=1S/C32H30Br2N4/c33-31-25-15-11-21(35-25)29(19-7-3-1-4-8-19)22-12-16-26(36-22)32(34)28-18-14-24(38-28)30(20-9-5-2-6-10-20)23-13-17-27(31)37-23/h11-20H,1-10H2. The maximum absolute atomic E-state index is 5.15. The van der Waals surface area contributed by atoms with Crippen LogP contribution in [0.1, 0.15) is 64.2 Å². The number of hydrogen-bond donors (Lipinski definition) is 0. The molecule has 0 aromatic heterocycles. The number of hydrogen-bond acceptors (Lipinski definition) is 4. The van der Waals surface area contributed by atoms with Gasteiger partial charge in [0.25, 0.3) is 0 Å². The number of nitrogens with zero attached hydrogens (tertiary/aromatic N) is 4. The number of aliphatic imine (C=N–C) groups is 4. The fourth-order valence-corrected chi connectivity index (χ4v) is 7.56. The summed E-state index contributed by atoms with van der Waals surface area (Å²) in [4.78, 5) is 20.6. The van der Waals surface area contributed by atoms with Gasteiger partial charge in [0.2, 0.25) is 0 Å². The highest BCUT2D eigenvalue weighted by Crippen LogP contribution is 2.40. The van der Waals surface area contributed by atoms with Crippen molar-refractivity contribution >= 4 is 54.7 Å². The van der Waals surface area contributed by atoms with Crippen LogP contribution in [-0.2, 0) is 0 Å². The minimum absolute atomic E-state index is 0.477. The predicted molar refractivity (Wildman–Crippen MR) is 165 cm³/mol. The summed E-state index contributed by atoms with van der Waals surface area (Å²) >= 11 is 7.74. The van der Waals surface area contributed by atoms with E-state index in [1.165, 1.54) is 75.4 Å². The van der Waals surface area contributed by atoms with E-state index in [1.54, 1.807) is 0 Å². The third-order valence-corrected chi connectivity index (χ3v) is 10.2. The smallest absolute Gasteiger partial charge is 0.0801 e. The van der Waals surface area contributed by atoms with E-state index in [-0.39, 0.29) is 0 Å². The third kappa shape index (κ3) is 4.44. The molecule has 5 heterocycles. The zero-order valence-corrected chi connectivity index (χ0v) is 24.6. The largest absolute Gasteiger partial charge is 0.247 e. The lowest BCUT2D eigenvalue weighted by Crippen LogP contribution is -2.16. The quantitative estimate of drug-likeness (QED) is 0.293. The fourth-order valence-electron chi connectivity index (χ4n) is 6.68. The first-order valence-electron chi connectivity index (χ1n) is 14.0. The fraction of sp³-hybridized carbons (Fsp3) is 0.375. The lowest BCUT2D eigenvalue weighted by molar-refractivity contribution is 0.410. The van der Waals surface area contributed by atoms with Crippen LogP contribution in [-0.4, -0.2) is 22.8 Å². The minimum Gasteiger partial charge on any atom is -0.247 e. The zero-order chi connectivity index (χ0) is 25.6. The molecule has 0 N–H and O–H groups in total. The summed E-state index contributed by atoms with van der Waals surface area (Å²) in [6.07, 6.45) is 29.6. The molecule has 38 heavy (non-hydrogen) atoms. The number of allylic oxidation sites excluding steroid dienone is 12. The summed E-state index contributed by atoms with van der Waals surface area (Å²) in [5.41, 5.74) is 10.4. The molecule has 8 bridgehead atoms. The van der Waals surface area contributed by atoms with Crippen LogP contribution in [0.3, 0.4) is 0 Å². The van der Waals surface area contributed by atoms with Gasteiger partial charge in [0, 0.05) is 11.1 Å². The van der Waals surface area contributed by atoms with Crippen LogP contribution in [0.25, 0.3) is 0 Å². The van der Waals surface area contributed by atoms with Gasteiger partial charge in [-0.05, 0) is 118 Å². The van der Waals surface area contributed by atoms with Crippen molar-refractivity contribution in [1.82, 2.24) is 0 Å².